The number of benzene rings is 1. The Bertz CT molecular complexity index is 1040. The normalized spacial score (nSPS) is 10.9. The first-order valence-corrected chi connectivity index (χ1v) is 9.93. The summed E-state index contributed by atoms with van der Waals surface area (Å²) in [5.74, 6) is -1.31. The van der Waals surface area contributed by atoms with Crippen LogP contribution in [0, 0.1) is 6.92 Å². The Labute approximate surface area is 171 Å². The van der Waals surface area contributed by atoms with Crippen molar-refractivity contribution in [3.8, 4) is 0 Å². The smallest absolute Gasteiger partial charge is 0.348 e. The van der Waals surface area contributed by atoms with Crippen LogP contribution in [0.25, 0.3) is 10.2 Å². The fourth-order valence-electron chi connectivity index (χ4n) is 2.74. The summed E-state index contributed by atoms with van der Waals surface area (Å²) in [5, 5.41) is 10.0. The minimum atomic E-state index is -0.691. The van der Waals surface area contributed by atoms with Gasteiger partial charge in [-0.2, -0.15) is 5.10 Å². The summed E-state index contributed by atoms with van der Waals surface area (Å²) in [7, 11) is 0. The van der Waals surface area contributed by atoms with Gasteiger partial charge in [0.05, 0.1) is 12.2 Å². The van der Waals surface area contributed by atoms with Gasteiger partial charge in [0.2, 0.25) is 0 Å². The lowest BCUT2D eigenvalue weighted by Gasteiger charge is -2.09. The topological polar surface area (TPSA) is 102 Å². The van der Waals surface area contributed by atoms with Crippen LogP contribution in [0.3, 0.4) is 0 Å². The van der Waals surface area contributed by atoms with Gasteiger partial charge < -0.3 is 10.1 Å². The lowest BCUT2D eigenvalue weighted by Crippen LogP contribution is -2.44. The average Bonchev–Trinajstić information content (AvgIpc) is 3.21. The zero-order chi connectivity index (χ0) is 21.0. The number of nitrogens with one attached hydrogen (secondary N) is 2. The van der Waals surface area contributed by atoms with Crippen molar-refractivity contribution >= 4 is 39.5 Å². The number of fused-ring (bicyclic) bond motifs is 1. The minimum Gasteiger partial charge on any atom is -0.451 e. The number of imide groups is 1. The van der Waals surface area contributed by atoms with E-state index < -0.39 is 24.5 Å². The number of aromatic nitrogens is 2. The number of carbonyl (C=O) groups excluding carboxylic acids is 3. The maximum Gasteiger partial charge on any atom is 0.348 e. The Kier molecular flexibility index (Phi) is 6.28. The molecule has 2 aromatic heterocycles. The van der Waals surface area contributed by atoms with Crippen LogP contribution in [-0.2, 0) is 16.1 Å². The molecule has 8 nitrogen and oxygen atoms in total. The number of aryl methyl sites for hydroxylation is 1. The molecule has 0 aliphatic rings. The van der Waals surface area contributed by atoms with Crippen molar-refractivity contribution in [2.45, 2.75) is 33.4 Å². The van der Waals surface area contributed by atoms with Crippen LogP contribution in [0.5, 0.6) is 0 Å². The molecule has 0 radical (unpaired) electrons. The standard InChI is InChI=1S/C20H22N4O4S/c1-12(2)21-20(27)22-17(25)11-28-19(26)16-9-15-13(3)23-24(18(15)29-16)10-14-7-5-4-6-8-14/h4-9,12H,10-11H2,1-3H3,(H2,21,22,25,27). The first-order valence-electron chi connectivity index (χ1n) is 9.12. The molecule has 0 saturated carbocycles. The molecule has 1 aromatic carbocycles. The van der Waals surface area contributed by atoms with E-state index in [0.717, 1.165) is 21.5 Å². The Hall–Kier alpha value is -3.20. The fraction of sp³-hybridized carbons (Fsp3) is 0.300. The molecule has 0 aliphatic heterocycles. The minimum absolute atomic E-state index is 0.109. The van der Waals surface area contributed by atoms with Gasteiger partial charge in [0.15, 0.2) is 6.61 Å². The molecule has 3 aromatic rings. The summed E-state index contributed by atoms with van der Waals surface area (Å²) < 4.78 is 6.89. The number of hydrogen-bond donors (Lipinski definition) is 2. The van der Waals surface area contributed by atoms with Crippen molar-refractivity contribution in [3.63, 3.8) is 0 Å². The van der Waals surface area contributed by atoms with E-state index in [1.165, 1.54) is 11.3 Å². The summed E-state index contributed by atoms with van der Waals surface area (Å²) >= 11 is 1.26. The molecule has 0 atom stereocenters. The van der Waals surface area contributed by atoms with Crippen LogP contribution in [0.2, 0.25) is 0 Å². The van der Waals surface area contributed by atoms with E-state index in [2.05, 4.69) is 15.7 Å². The molecule has 0 unspecified atom stereocenters. The van der Waals surface area contributed by atoms with Gasteiger partial charge in [-0.1, -0.05) is 30.3 Å². The molecule has 0 fully saturated rings. The summed E-state index contributed by atoms with van der Waals surface area (Å²) in [5.41, 5.74) is 1.92. The van der Waals surface area contributed by atoms with Crippen LogP contribution in [-0.4, -0.2) is 40.3 Å². The molecule has 2 heterocycles. The van der Waals surface area contributed by atoms with Gasteiger partial charge in [-0.15, -0.1) is 11.3 Å². The molecule has 3 amide bonds. The molecule has 3 rings (SSSR count). The molecule has 0 spiro atoms. The SMILES string of the molecule is Cc1nn(Cc2ccccc2)c2sc(C(=O)OCC(=O)NC(=O)NC(C)C)cc12. The number of nitrogens with zero attached hydrogens (tertiary/aromatic N) is 2. The van der Waals surface area contributed by atoms with Gasteiger partial charge in [-0.3, -0.25) is 14.8 Å². The number of hydrogen-bond acceptors (Lipinski definition) is 6. The van der Waals surface area contributed by atoms with Crippen LogP contribution in [0.15, 0.2) is 36.4 Å². The Morgan fingerprint density at radius 2 is 1.93 bits per heavy atom. The molecule has 0 bridgehead atoms. The predicted molar refractivity (Wildman–Crippen MR) is 110 cm³/mol. The van der Waals surface area contributed by atoms with E-state index in [0.29, 0.717) is 11.4 Å². The third kappa shape index (κ3) is 5.20. The van der Waals surface area contributed by atoms with Crippen molar-refractivity contribution in [2.75, 3.05) is 6.61 Å². The van der Waals surface area contributed by atoms with Crippen molar-refractivity contribution in [2.24, 2.45) is 0 Å². The quantitative estimate of drug-likeness (QED) is 0.604. The Balaban J connectivity index is 1.65. The third-order valence-electron chi connectivity index (χ3n) is 3.99. The number of carbonyl (C=O) groups is 3. The number of amides is 3. The Morgan fingerprint density at radius 3 is 2.62 bits per heavy atom. The number of ether oxygens (including phenoxy) is 1. The van der Waals surface area contributed by atoms with Gasteiger partial charge >= 0.3 is 12.0 Å². The number of esters is 1. The lowest BCUT2D eigenvalue weighted by molar-refractivity contribution is -0.123. The number of urea groups is 1. The second-order valence-corrected chi connectivity index (χ2v) is 7.84. The first kappa shape index (κ1) is 20.5. The maximum absolute atomic E-state index is 12.3. The van der Waals surface area contributed by atoms with E-state index in [1.807, 2.05) is 41.9 Å². The molecule has 152 valence electrons. The van der Waals surface area contributed by atoms with Crippen molar-refractivity contribution in [1.29, 1.82) is 0 Å². The van der Waals surface area contributed by atoms with Crippen LogP contribution < -0.4 is 10.6 Å². The molecular weight excluding hydrogens is 392 g/mol. The number of rotatable bonds is 6. The van der Waals surface area contributed by atoms with E-state index in [4.69, 9.17) is 4.74 Å². The van der Waals surface area contributed by atoms with Gasteiger partial charge in [0.1, 0.15) is 9.71 Å². The second-order valence-electron chi connectivity index (χ2n) is 6.81. The highest BCUT2D eigenvalue weighted by molar-refractivity contribution is 7.20. The largest absolute Gasteiger partial charge is 0.451 e. The maximum atomic E-state index is 12.3. The molecule has 9 heteroatoms. The molecule has 2 N–H and O–H groups in total. The van der Waals surface area contributed by atoms with Crippen molar-refractivity contribution in [3.05, 3.63) is 52.5 Å². The van der Waals surface area contributed by atoms with Gasteiger partial charge in [0, 0.05) is 11.4 Å². The van der Waals surface area contributed by atoms with E-state index in [1.54, 1.807) is 19.9 Å². The van der Waals surface area contributed by atoms with Gasteiger partial charge in [-0.05, 0) is 32.4 Å². The van der Waals surface area contributed by atoms with Crippen LogP contribution in [0.1, 0.15) is 34.8 Å². The predicted octanol–water partition coefficient (Wildman–Crippen LogP) is 2.85. The zero-order valence-corrected chi connectivity index (χ0v) is 17.2. The molecule has 0 aliphatic carbocycles. The average molecular weight is 414 g/mol. The van der Waals surface area contributed by atoms with E-state index >= 15 is 0 Å². The summed E-state index contributed by atoms with van der Waals surface area (Å²) in [6, 6.07) is 10.9. The van der Waals surface area contributed by atoms with E-state index in [9.17, 15) is 14.4 Å². The first-order chi connectivity index (χ1) is 13.8. The summed E-state index contributed by atoms with van der Waals surface area (Å²) in [4.78, 5) is 36.8. The molecule has 0 saturated heterocycles. The Morgan fingerprint density at radius 1 is 1.21 bits per heavy atom. The van der Waals surface area contributed by atoms with Gasteiger partial charge in [-0.25, -0.2) is 9.59 Å². The second kappa shape index (κ2) is 8.87. The summed E-state index contributed by atoms with van der Waals surface area (Å²) in [6.45, 7) is 5.48. The van der Waals surface area contributed by atoms with Crippen molar-refractivity contribution in [1.82, 2.24) is 20.4 Å². The summed E-state index contributed by atoms with van der Waals surface area (Å²) in [6.07, 6.45) is 0. The zero-order valence-electron chi connectivity index (χ0n) is 16.4. The highest BCUT2D eigenvalue weighted by atomic mass is 32.1. The molecular formula is C20H22N4O4S. The van der Waals surface area contributed by atoms with Crippen LogP contribution >= 0.6 is 11.3 Å². The fourth-order valence-corrected chi connectivity index (χ4v) is 3.79. The van der Waals surface area contributed by atoms with Gasteiger partial charge in [0.25, 0.3) is 5.91 Å². The molecule has 29 heavy (non-hydrogen) atoms. The lowest BCUT2D eigenvalue weighted by atomic mass is 10.2. The monoisotopic (exact) mass is 414 g/mol. The highest BCUT2D eigenvalue weighted by Gasteiger charge is 2.19. The number of thiophene rings is 1. The third-order valence-corrected chi connectivity index (χ3v) is 5.12. The van der Waals surface area contributed by atoms with E-state index in [-0.39, 0.29) is 6.04 Å². The van der Waals surface area contributed by atoms with Crippen LogP contribution in [0.4, 0.5) is 4.79 Å². The highest BCUT2D eigenvalue weighted by Crippen LogP contribution is 2.29. The van der Waals surface area contributed by atoms with Crippen molar-refractivity contribution < 1.29 is 19.1 Å².